The zero-order chi connectivity index (χ0) is 19.6. The molecule has 2 amide bonds. The molecule has 27 heavy (non-hydrogen) atoms. The van der Waals surface area contributed by atoms with E-state index in [0.717, 1.165) is 28.5 Å². The monoisotopic (exact) mass is 427 g/mol. The molecule has 0 unspecified atom stereocenters. The number of carbonyl (C=O) groups excluding carboxylic acids is 2. The number of rotatable bonds is 7. The van der Waals surface area contributed by atoms with Gasteiger partial charge in [-0.1, -0.05) is 17.7 Å². The molecule has 1 aliphatic carbocycles. The third kappa shape index (κ3) is 5.07. The Kier molecular flexibility index (Phi) is 5.85. The highest BCUT2D eigenvalue weighted by atomic mass is 35.5. The van der Waals surface area contributed by atoms with Gasteiger partial charge in [0.25, 0.3) is 15.9 Å². The first-order valence-corrected chi connectivity index (χ1v) is 10.8. The molecule has 0 spiro atoms. The predicted molar refractivity (Wildman–Crippen MR) is 105 cm³/mol. The molecule has 10 heteroatoms. The van der Waals surface area contributed by atoms with Crippen molar-refractivity contribution >= 4 is 50.5 Å². The van der Waals surface area contributed by atoms with E-state index >= 15 is 0 Å². The van der Waals surface area contributed by atoms with Crippen LogP contribution in [0, 0.1) is 0 Å². The van der Waals surface area contributed by atoms with Gasteiger partial charge in [0, 0.05) is 24.3 Å². The molecule has 0 radical (unpaired) electrons. The van der Waals surface area contributed by atoms with Crippen molar-refractivity contribution < 1.29 is 18.0 Å². The minimum Gasteiger partial charge on any atom is -0.349 e. The van der Waals surface area contributed by atoms with Crippen molar-refractivity contribution in [2.24, 2.45) is 0 Å². The Labute approximate surface area is 166 Å². The number of carbonyl (C=O) groups is 2. The van der Waals surface area contributed by atoms with E-state index in [9.17, 15) is 18.0 Å². The van der Waals surface area contributed by atoms with Crippen LogP contribution in [0.2, 0.25) is 4.34 Å². The number of nitrogens with one attached hydrogen (secondary N) is 2. The van der Waals surface area contributed by atoms with Gasteiger partial charge in [-0.2, -0.15) is 4.31 Å². The normalized spacial score (nSPS) is 14.2. The number of hydrogen-bond acceptors (Lipinski definition) is 5. The molecule has 7 nitrogen and oxygen atoms in total. The highest BCUT2D eigenvalue weighted by molar-refractivity contribution is 7.91. The molecule has 144 valence electrons. The molecule has 1 fully saturated rings. The lowest BCUT2D eigenvalue weighted by Crippen LogP contribution is -2.34. The maximum Gasteiger partial charge on any atom is 0.252 e. The van der Waals surface area contributed by atoms with Crippen LogP contribution < -0.4 is 10.6 Å². The third-order valence-corrected chi connectivity index (χ3v) is 7.40. The summed E-state index contributed by atoms with van der Waals surface area (Å²) >= 11 is 6.71. The second-order valence-electron chi connectivity index (χ2n) is 6.20. The minimum absolute atomic E-state index is 0.0709. The Balaban J connectivity index is 1.62. The smallest absolute Gasteiger partial charge is 0.252 e. The standard InChI is InChI=1S/C17H18ClN3O4S2/c1-21(27(24,25)16-8-7-14(18)26-16)10-15(22)19-13-4-2-3-11(9-13)17(23)20-12-5-6-12/h2-4,7-9,12H,5-6,10H2,1H3,(H,19,22)(H,20,23). The van der Waals surface area contributed by atoms with Gasteiger partial charge in [-0.3, -0.25) is 9.59 Å². The van der Waals surface area contributed by atoms with Crippen molar-refractivity contribution in [2.75, 3.05) is 18.9 Å². The average molecular weight is 428 g/mol. The molecule has 1 aromatic heterocycles. The van der Waals surface area contributed by atoms with Crippen molar-refractivity contribution in [1.82, 2.24) is 9.62 Å². The molecular formula is C17H18ClN3O4S2. The van der Waals surface area contributed by atoms with Gasteiger partial charge in [-0.15, -0.1) is 11.3 Å². The van der Waals surface area contributed by atoms with Crippen molar-refractivity contribution in [2.45, 2.75) is 23.1 Å². The second kappa shape index (κ2) is 7.97. The van der Waals surface area contributed by atoms with Crippen LogP contribution in [-0.4, -0.2) is 44.2 Å². The Morgan fingerprint density at radius 1 is 1.26 bits per heavy atom. The molecule has 3 rings (SSSR count). The summed E-state index contributed by atoms with van der Waals surface area (Å²) in [5.74, 6) is -0.702. The van der Waals surface area contributed by atoms with Crippen molar-refractivity contribution in [3.8, 4) is 0 Å². The number of likely N-dealkylation sites (N-methyl/N-ethyl adjacent to an activating group) is 1. The van der Waals surface area contributed by atoms with Crippen molar-refractivity contribution in [3.05, 3.63) is 46.3 Å². The second-order valence-corrected chi connectivity index (χ2v) is 10.2. The topological polar surface area (TPSA) is 95.6 Å². The Morgan fingerprint density at radius 2 is 2.00 bits per heavy atom. The fourth-order valence-corrected chi connectivity index (χ4v) is 5.13. The minimum atomic E-state index is -3.79. The number of thiophene rings is 1. The molecule has 0 bridgehead atoms. The molecule has 0 atom stereocenters. The van der Waals surface area contributed by atoms with Crippen LogP contribution in [0.1, 0.15) is 23.2 Å². The number of nitrogens with zero attached hydrogens (tertiary/aromatic N) is 1. The molecule has 0 saturated heterocycles. The van der Waals surface area contributed by atoms with Crippen LogP contribution in [0.3, 0.4) is 0 Å². The summed E-state index contributed by atoms with van der Waals surface area (Å²) in [5.41, 5.74) is 0.863. The quantitative estimate of drug-likeness (QED) is 0.709. The summed E-state index contributed by atoms with van der Waals surface area (Å²) in [6, 6.07) is 9.64. The zero-order valence-electron chi connectivity index (χ0n) is 14.4. The van der Waals surface area contributed by atoms with Gasteiger partial charge >= 0.3 is 0 Å². The van der Waals surface area contributed by atoms with Crippen LogP contribution in [0.5, 0.6) is 0 Å². The van der Waals surface area contributed by atoms with Crippen LogP contribution in [-0.2, 0) is 14.8 Å². The van der Waals surface area contributed by atoms with E-state index in [-0.39, 0.29) is 22.7 Å². The zero-order valence-corrected chi connectivity index (χ0v) is 16.8. The lowest BCUT2D eigenvalue weighted by atomic mass is 10.2. The molecule has 1 aromatic carbocycles. The number of amides is 2. The molecule has 1 heterocycles. The van der Waals surface area contributed by atoms with E-state index in [0.29, 0.717) is 15.6 Å². The van der Waals surface area contributed by atoms with E-state index in [4.69, 9.17) is 11.6 Å². The van der Waals surface area contributed by atoms with Crippen LogP contribution in [0.4, 0.5) is 5.69 Å². The molecule has 0 aliphatic heterocycles. The van der Waals surface area contributed by atoms with Crippen LogP contribution >= 0.6 is 22.9 Å². The van der Waals surface area contributed by atoms with Gasteiger partial charge in [0.15, 0.2) is 0 Å². The predicted octanol–water partition coefficient (Wildman–Crippen LogP) is 2.55. The lowest BCUT2D eigenvalue weighted by Gasteiger charge is -2.16. The molecule has 2 N–H and O–H groups in total. The van der Waals surface area contributed by atoms with Crippen molar-refractivity contribution in [3.63, 3.8) is 0 Å². The van der Waals surface area contributed by atoms with Gasteiger partial charge < -0.3 is 10.6 Å². The fraction of sp³-hybridized carbons (Fsp3) is 0.294. The number of hydrogen-bond donors (Lipinski definition) is 2. The first kappa shape index (κ1) is 19.8. The number of anilines is 1. The Hall–Kier alpha value is -1.94. The maximum atomic E-state index is 12.4. The molecule has 2 aromatic rings. The third-order valence-electron chi connectivity index (χ3n) is 3.90. The van der Waals surface area contributed by atoms with Gasteiger partial charge in [0.05, 0.1) is 10.9 Å². The van der Waals surface area contributed by atoms with Gasteiger partial charge in [0.2, 0.25) is 5.91 Å². The Bertz CT molecular complexity index is 970. The number of benzene rings is 1. The number of halogens is 1. The van der Waals surface area contributed by atoms with E-state index in [1.165, 1.54) is 19.2 Å². The lowest BCUT2D eigenvalue weighted by molar-refractivity contribution is -0.116. The molecule has 1 aliphatic rings. The largest absolute Gasteiger partial charge is 0.349 e. The highest BCUT2D eigenvalue weighted by Gasteiger charge is 2.25. The average Bonchev–Trinajstić information content (AvgIpc) is 3.31. The summed E-state index contributed by atoms with van der Waals surface area (Å²) in [7, 11) is -2.47. The summed E-state index contributed by atoms with van der Waals surface area (Å²) in [6.45, 7) is -0.365. The van der Waals surface area contributed by atoms with Crippen LogP contribution in [0.25, 0.3) is 0 Å². The van der Waals surface area contributed by atoms with Crippen LogP contribution in [0.15, 0.2) is 40.6 Å². The maximum absolute atomic E-state index is 12.4. The van der Waals surface area contributed by atoms with Crippen molar-refractivity contribution in [1.29, 1.82) is 0 Å². The summed E-state index contributed by atoms with van der Waals surface area (Å²) in [4.78, 5) is 24.3. The van der Waals surface area contributed by atoms with E-state index in [1.807, 2.05) is 0 Å². The number of sulfonamides is 1. The summed E-state index contributed by atoms with van der Waals surface area (Å²) < 4.78 is 26.2. The molecule has 1 saturated carbocycles. The fourth-order valence-electron chi connectivity index (χ4n) is 2.31. The van der Waals surface area contributed by atoms with E-state index in [1.54, 1.807) is 24.3 Å². The summed E-state index contributed by atoms with van der Waals surface area (Å²) in [6.07, 6.45) is 1.97. The van der Waals surface area contributed by atoms with Gasteiger partial charge in [-0.05, 0) is 43.2 Å². The first-order valence-electron chi connectivity index (χ1n) is 8.18. The molecular weight excluding hydrogens is 410 g/mol. The summed E-state index contributed by atoms with van der Waals surface area (Å²) in [5, 5.41) is 5.49. The van der Waals surface area contributed by atoms with Gasteiger partial charge in [-0.25, -0.2) is 8.42 Å². The van der Waals surface area contributed by atoms with Gasteiger partial charge in [0.1, 0.15) is 4.21 Å². The Morgan fingerprint density at radius 3 is 2.63 bits per heavy atom. The van der Waals surface area contributed by atoms with E-state index in [2.05, 4.69) is 10.6 Å². The first-order chi connectivity index (χ1) is 12.8. The SMILES string of the molecule is CN(CC(=O)Nc1cccc(C(=O)NC2CC2)c1)S(=O)(=O)c1ccc(Cl)s1. The van der Waals surface area contributed by atoms with E-state index < -0.39 is 15.9 Å². The highest BCUT2D eigenvalue weighted by Crippen LogP contribution is 2.27.